The molecule has 0 aromatic heterocycles. The number of phosphoric acid groups is 1. The highest BCUT2D eigenvalue weighted by Gasteiger charge is 2.22. The van der Waals surface area contributed by atoms with Crippen molar-refractivity contribution in [2.45, 2.75) is 13.2 Å². The van der Waals surface area contributed by atoms with Gasteiger partial charge in [0.2, 0.25) is 0 Å². The van der Waals surface area contributed by atoms with Crippen molar-refractivity contribution in [3.63, 3.8) is 0 Å². The van der Waals surface area contributed by atoms with Gasteiger partial charge < -0.3 is 9.47 Å². The molecular weight excluding hydrogens is 199 g/mol. The minimum atomic E-state index is -3.43. The zero-order valence-corrected chi connectivity index (χ0v) is 9.08. The Balaban J connectivity index is 3.68. The van der Waals surface area contributed by atoms with E-state index in [1.54, 1.807) is 6.92 Å². The maximum atomic E-state index is 11.2. The van der Waals surface area contributed by atoms with Gasteiger partial charge in [-0.1, -0.05) is 0 Å². The fourth-order valence-corrected chi connectivity index (χ4v) is 0.989. The molecule has 0 aliphatic heterocycles. The van der Waals surface area contributed by atoms with Gasteiger partial charge in [-0.3, -0.25) is 13.6 Å². The first-order valence-electron chi connectivity index (χ1n) is 3.58. The Morgan fingerprint density at radius 3 is 2.15 bits per heavy atom. The van der Waals surface area contributed by atoms with Gasteiger partial charge in [0, 0.05) is 21.3 Å². The SMILES string of the molecule is COC(C)OCOP(=O)(OC)OC. The first-order chi connectivity index (χ1) is 6.08. The second-order valence-electron chi connectivity index (χ2n) is 2.03. The third-order valence-electron chi connectivity index (χ3n) is 1.29. The lowest BCUT2D eigenvalue weighted by atomic mass is 10.8. The molecule has 0 bridgehead atoms. The lowest BCUT2D eigenvalue weighted by Gasteiger charge is -2.15. The molecule has 13 heavy (non-hydrogen) atoms. The van der Waals surface area contributed by atoms with Gasteiger partial charge >= 0.3 is 7.82 Å². The molecule has 1 unspecified atom stereocenters. The molecular formula is C6H15O6P. The molecule has 80 valence electrons. The van der Waals surface area contributed by atoms with Crippen molar-refractivity contribution in [3.05, 3.63) is 0 Å². The minimum Gasteiger partial charge on any atom is -0.356 e. The van der Waals surface area contributed by atoms with Crippen molar-refractivity contribution >= 4 is 7.82 Å². The molecule has 0 spiro atoms. The van der Waals surface area contributed by atoms with Crippen LogP contribution in [-0.2, 0) is 27.6 Å². The van der Waals surface area contributed by atoms with Crippen LogP contribution >= 0.6 is 7.82 Å². The number of hydrogen-bond donors (Lipinski definition) is 0. The molecule has 0 saturated carbocycles. The second kappa shape index (κ2) is 6.48. The van der Waals surface area contributed by atoms with Crippen LogP contribution in [0.4, 0.5) is 0 Å². The topological polar surface area (TPSA) is 63.2 Å². The average Bonchev–Trinajstić information content (AvgIpc) is 2.17. The summed E-state index contributed by atoms with van der Waals surface area (Å²) in [7, 11) is 0.507. The maximum absolute atomic E-state index is 11.2. The van der Waals surface area contributed by atoms with Gasteiger partial charge in [0.05, 0.1) is 0 Å². The van der Waals surface area contributed by atoms with E-state index in [0.29, 0.717) is 0 Å². The lowest BCUT2D eigenvalue weighted by Crippen LogP contribution is -2.12. The Morgan fingerprint density at radius 1 is 1.23 bits per heavy atom. The van der Waals surface area contributed by atoms with Crippen molar-refractivity contribution in [3.8, 4) is 0 Å². The summed E-state index contributed by atoms with van der Waals surface area (Å²) in [4.78, 5) is 0. The van der Waals surface area contributed by atoms with Crippen molar-refractivity contribution in [2.75, 3.05) is 28.1 Å². The molecule has 0 aliphatic carbocycles. The summed E-state index contributed by atoms with van der Waals surface area (Å²) in [6, 6.07) is 0. The van der Waals surface area contributed by atoms with Crippen LogP contribution in [-0.4, -0.2) is 34.4 Å². The van der Waals surface area contributed by atoms with E-state index in [1.165, 1.54) is 21.3 Å². The molecule has 0 amide bonds. The van der Waals surface area contributed by atoms with Crippen molar-refractivity contribution in [1.82, 2.24) is 0 Å². The summed E-state index contributed by atoms with van der Waals surface area (Å²) in [5.41, 5.74) is 0. The van der Waals surface area contributed by atoms with Crippen LogP contribution in [0.25, 0.3) is 0 Å². The lowest BCUT2D eigenvalue weighted by molar-refractivity contribution is -0.154. The molecule has 0 aliphatic rings. The Hall–Kier alpha value is 0.0300. The van der Waals surface area contributed by atoms with E-state index in [2.05, 4.69) is 9.05 Å². The predicted molar refractivity (Wildman–Crippen MR) is 45.1 cm³/mol. The fourth-order valence-electron chi connectivity index (χ4n) is 0.439. The van der Waals surface area contributed by atoms with Gasteiger partial charge in [-0.05, 0) is 6.92 Å². The second-order valence-corrected chi connectivity index (χ2v) is 3.91. The third-order valence-corrected chi connectivity index (χ3v) is 2.61. The quantitative estimate of drug-likeness (QED) is 0.471. The Morgan fingerprint density at radius 2 is 1.77 bits per heavy atom. The van der Waals surface area contributed by atoms with E-state index >= 15 is 0 Å². The molecule has 0 fully saturated rings. The molecule has 1 atom stereocenters. The van der Waals surface area contributed by atoms with Gasteiger partial charge in [0.1, 0.15) is 0 Å². The van der Waals surface area contributed by atoms with E-state index in [1.807, 2.05) is 0 Å². The first kappa shape index (κ1) is 13.0. The summed E-state index contributed by atoms with van der Waals surface area (Å²) >= 11 is 0. The van der Waals surface area contributed by atoms with Gasteiger partial charge in [0.15, 0.2) is 13.1 Å². The molecule has 0 rings (SSSR count). The predicted octanol–water partition coefficient (Wildman–Crippen LogP) is 1.37. The number of methoxy groups -OCH3 is 1. The largest absolute Gasteiger partial charge is 0.476 e. The number of ether oxygens (including phenoxy) is 2. The zero-order valence-electron chi connectivity index (χ0n) is 8.18. The van der Waals surface area contributed by atoms with Crippen LogP contribution in [0, 0.1) is 0 Å². The van der Waals surface area contributed by atoms with Crippen molar-refractivity contribution < 1.29 is 27.6 Å². The third kappa shape index (κ3) is 5.36. The fraction of sp³-hybridized carbons (Fsp3) is 1.00. The number of rotatable bonds is 7. The summed E-state index contributed by atoms with van der Waals surface area (Å²) < 4.78 is 34.6. The number of phosphoric ester groups is 1. The van der Waals surface area contributed by atoms with E-state index < -0.39 is 14.1 Å². The maximum Gasteiger partial charge on any atom is 0.476 e. The molecule has 0 heterocycles. The van der Waals surface area contributed by atoms with Gasteiger partial charge in [0.25, 0.3) is 0 Å². The van der Waals surface area contributed by atoms with Crippen LogP contribution in [0.3, 0.4) is 0 Å². The molecule has 0 saturated heterocycles. The summed E-state index contributed by atoms with van der Waals surface area (Å²) in [6.45, 7) is 1.46. The van der Waals surface area contributed by atoms with Crippen LogP contribution in [0.2, 0.25) is 0 Å². The van der Waals surface area contributed by atoms with E-state index in [9.17, 15) is 4.57 Å². The average molecular weight is 214 g/mol. The van der Waals surface area contributed by atoms with Crippen LogP contribution in [0.1, 0.15) is 6.92 Å². The Kier molecular flexibility index (Phi) is 6.49. The normalized spacial score (nSPS) is 14.5. The van der Waals surface area contributed by atoms with Gasteiger partial charge in [-0.25, -0.2) is 4.57 Å². The highest BCUT2D eigenvalue weighted by atomic mass is 31.2. The van der Waals surface area contributed by atoms with Gasteiger partial charge in [-0.2, -0.15) is 0 Å². The summed E-state index contributed by atoms with van der Waals surface area (Å²) in [5.74, 6) is 0. The van der Waals surface area contributed by atoms with Crippen molar-refractivity contribution in [1.29, 1.82) is 0 Å². The Bertz CT molecular complexity index is 165. The molecule has 6 nitrogen and oxygen atoms in total. The minimum absolute atomic E-state index is 0.214. The monoisotopic (exact) mass is 214 g/mol. The zero-order chi connectivity index (χ0) is 10.3. The highest BCUT2D eigenvalue weighted by molar-refractivity contribution is 7.48. The van der Waals surface area contributed by atoms with Crippen molar-refractivity contribution in [2.24, 2.45) is 0 Å². The van der Waals surface area contributed by atoms with Crippen LogP contribution in [0.15, 0.2) is 0 Å². The number of hydrogen-bond acceptors (Lipinski definition) is 6. The first-order valence-corrected chi connectivity index (χ1v) is 5.04. The molecule has 0 N–H and O–H groups in total. The van der Waals surface area contributed by atoms with E-state index in [-0.39, 0.29) is 6.79 Å². The van der Waals surface area contributed by atoms with E-state index in [4.69, 9.17) is 14.0 Å². The van der Waals surface area contributed by atoms with Crippen LogP contribution < -0.4 is 0 Å². The Labute approximate surface area is 77.7 Å². The van der Waals surface area contributed by atoms with E-state index in [0.717, 1.165) is 0 Å². The molecule has 0 radical (unpaired) electrons. The molecule has 0 aromatic carbocycles. The van der Waals surface area contributed by atoms with Crippen LogP contribution in [0.5, 0.6) is 0 Å². The standard InChI is InChI=1S/C6H15O6P/c1-6(8-2)11-5-12-13(7,9-3)10-4/h6H,5H2,1-4H3. The highest BCUT2D eigenvalue weighted by Crippen LogP contribution is 2.47. The molecule has 0 aromatic rings. The molecule has 7 heteroatoms. The van der Waals surface area contributed by atoms with Gasteiger partial charge in [-0.15, -0.1) is 0 Å². The summed E-state index contributed by atoms with van der Waals surface area (Å²) in [6.07, 6.45) is -0.429. The summed E-state index contributed by atoms with van der Waals surface area (Å²) in [5, 5.41) is 0. The smallest absolute Gasteiger partial charge is 0.356 e.